The largest absolute Gasteiger partial charge is 0.493 e. The number of nitrogens with zero attached hydrogens (tertiary/aromatic N) is 1. The second-order valence-corrected chi connectivity index (χ2v) is 4.03. The first-order valence-electron chi connectivity index (χ1n) is 5.31. The summed E-state index contributed by atoms with van der Waals surface area (Å²) in [5.41, 5.74) is 5.29. The molecule has 1 aromatic heterocycles. The first kappa shape index (κ1) is 13.3. The summed E-state index contributed by atoms with van der Waals surface area (Å²) < 4.78 is 50.0. The van der Waals surface area contributed by atoms with Gasteiger partial charge in [-0.1, -0.05) is 5.16 Å². The molecular weight excluding hydrogens is 261 g/mol. The highest BCUT2D eigenvalue weighted by Gasteiger charge is 2.28. The highest BCUT2D eigenvalue weighted by atomic mass is 19.3. The van der Waals surface area contributed by atoms with Crippen LogP contribution in [0.15, 0.2) is 22.9 Å². The van der Waals surface area contributed by atoms with Gasteiger partial charge in [0.05, 0.1) is 18.9 Å². The van der Waals surface area contributed by atoms with E-state index in [0.29, 0.717) is 6.92 Å². The van der Waals surface area contributed by atoms with E-state index >= 15 is 0 Å². The third-order valence-corrected chi connectivity index (χ3v) is 2.64. The van der Waals surface area contributed by atoms with E-state index in [1.807, 2.05) is 0 Å². The fourth-order valence-electron chi connectivity index (χ4n) is 1.71. The molecule has 1 aromatic carbocycles. The number of nitrogen functional groups attached to an aromatic ring is 1. The van der Waals surface area contributed by atoms with E-state index in [9.17, 15) is 13.2 Å². The molecular formula is C12H11F3N2O2. The topological polar surface area (TPSA) is 61.3 Å². The van der Waals surface area contributed by atoms with Crippen LogP contribution in [0.2, 0.25) is 0 Å². The molecule has 0 aliphatic heterocycles. The van der Waals surface area contributed by atoms with Crippen LogP contribution >= 0.6 is 0 Å². The predicted molar refractivity (Wildman–Crippen MR) is 62.4 cm³/mol. The van der Waals surface area contributed by atoms with Gasteiger partial charge in [-0.15, -0.1) is 0 Å². The van der Waals surface area contributed by atoms with Crippen molar-refractivity contribution in [3.63, 3.8) is 0 Å². The highest BCUT2D eigenvalue weighted by molar-refractivity contribution is 5.77. The molecule has 0 bridgehead atoms. The summed E-state index contributed by atoms with van der Waals surface area (Å²) in [5, 5.41) is 3.43. The molecule has 0 atom stereocenters. The number of methoxy groups -OCH3 is 1. The molecule has 2 rings (SSSR count). The molecule has 0 saturated carbocycles. The first-order valence-corrected chi connectivity index (χ1v) is 5.31. The molecule has 2 N–H and O–H groups in total. The smallest absolute Gasteiger partial charge is 0.270 e. The van der Waals surface area contributed by atoms with E-state index in [0.717, 1.165) is 12.1 Å². The number of benzene rings is 1. The normalized spacial score (nSPS) is 11.6. The lowest BCUT2D eigenvalue weighted by atomic mass is 10.0. The third-order valence-electron chi connectivity index (χ3n) is 2.64. The van der Waals surface area contributed by atoms with Crippen molar-refractivity contribution >= 4 is 5.88 Å². The van der Waals surface area contributed by atoms with Gasteiger partial charge >= 0.3 is 0 Å². The molecule has 0 aliphatic rings. The maximum atomic E-state index is 13.8. The van der Waals surface area contributed by atoms with Gasteiger partial charge in [0.25, 0.3) is 5.92 Å². The molecule has 1 heterocycles. The van der Waals surface area contributed by atoms with Gasteiger partial charge in [-0.3, -0.25) is 0 Å². The Labute approximate surface area is 106 Å². The third kappa shape index (κ3) is 2.35. The molecule has 0 saturated heterocycles. The molecule has 0 unspecified atom stereocenters. The minimum atomic E-state index is -3.19. The number of hydrogen-bond acceptors (Lipinski definition) is 4. The Balaban J connectivity index is 2.71. The van der Waals surface area contributed by atoms with Crippen LogP contribution in [-0.2, 0) is 5.92 Å². The lowest BCUT2D eigenvalue weighted by Crippen LogP contribution is -2.08. The lowest BCUT2D eigenvalue weighted by Gasteiger charge is -2.15. The Morgan fingerprint density at radius 3 is 2.47 bits per heavy atom. The van der Waals surface area contributed by atoms with Crippen molar-refractivity contribution < 1.29 is 22.4 Å². The monoisotopic (exact) mass is 272 g/mol. The maximum absolute atomic E-state index is 13.8. The molecule has 7 heteroatoms. The molecule has 0 amide bonds. The molecule has 19 heavy (non-hydrogen) atoms. The highest BCUT2D eigenvalue weighted by Crippen LogP contribution is 2.40. The van der Waals surface area contributed by atoms with E-state index < -0.39 is 17.3 Å². The van der Waals surface area contributed by atoms with E-state index in [1.165, 1.54) is 13.3 Å². The maximum Gasteiger partial charge on any atom is 0.270 e. The number of ether oxygens (including phenoxy) is 1. The van der Waals surface area contributed by atoms with E-state index in [2.05, 4.69) is 9.68 Å². The Bertz CT molecular complexity index is 606. The summed E-state index contributed by atoms with van der Waals surface area (Å²) in [6, 6.07) is 1.83. The zero-order valence-electron chi connectivity index (χ0n) is 10.2. The standard InChI is InChI=1S/C12H11F3N2O2/c1-12(14,15)6-3-7(8-5-17-19-11(8)16)10(18-2)9(13)4-6/h3-5H,16H2,1-2H3. The zero-order valence-corrected chi connectivity index (χ0v) is 10.2. The van der Waals surface area contributed by atoms with Crippen molar-refractivity contribution in [1.29, 1.82) is 0 Å². The molecule has 0 fully saturated rings. The van der Waals surface area contributed by atoms with Crippen LogP contribution in [-0.4, -0.2) is 12.3 Å². The first-order chi connectivity index (χ1) is 8.84. The molecule has 0 spiro atoms. The van der Waals surface area contributed by atoms with Crippen LogP contribution in [0.25, 0.3) is 11.1 Å². The van der Waals surface area contributed by atoms with Crippen molar-refractivity contribution in [2.75, 3.05) is 12.8 Å². The van der Waals surface area contributed by atoms with Crippen molar-refractivity contribution in [1.82, 2.24) is 5.16 Å². The number of aromatic nitrogens is 1. The minimum absolute atomic E-state index is 0.0674. The number of halogens is 3. The summed E-state index contributed by atoms with van der Waals surface area (Å²) >= 11 is 0. The van der Waals surface area contributed by atoms with Crippen LogP contribution in [0.3, 0.4) is 0 Å². The van der Waals surface area contributed by atoms with Gasteiger partial charge in [-0.25, -0.2) is 13.2 Å². The Morgan fingerprint density at radius 1 is 1.32 bits per heavy atom. The fraction of sp³-hybridized carbons (Fsp3) is 0.250. The predicted octanol–water partition coefficient (Wildman–Crippen LogP) is 3.18. The van der Waals surface area contributed by atoms with Crippen LogP contribution in [0, 0.1) is 5.82 Å². The summed E-state index contributed by atoms with van der Waals surface area (Å²) in [6.45, 7) is 0.676. The minimum Gasteiger partial charge on any atom is -0.493 e. The fourth-order valence-corrected chi connectivity index (χ4v) is 1.71. The lowest BCUT2D eigenvalue weighted by molar-refractivity contribution is 0.0171. The molecule has 0 aliphatic carbocycles. The number of alkyl halides is 2. The van der Waals surface area contributed by atoms with Gasteiger partial charge in [0, 0.05) is 18.1 Å². The van der Waals surface area contributed by atoms with Gasteiger partial charge in [-0.05, 0) is 12.1 Å². The van der Waals surface area contributed by atoms with Gasteiger partial charge in [0.1, 0.15) is 0 Å². The van der Waals surface area contributed by atoms with Crippen LogP contribution in [0.5, 0.6) is 5.75 Å². The van der Waals surface area contributed by atoms with Gasteiger partial charge in [0.15, 0.2) is 11.6 Å². The Hall–Kier alpha value is -2.18. The van der Waals surface area contributed by atoms with E-state index in [1.54, 1.807) is 0 Å². The number of rotatable bonds is 3. The van der Waals surface area contributed by atoms with Crippen LogP contribution in [0.1, 0.15) is 12.5 Å². The quantitative estimate of drug-likeness (QED) is 0.932. The molecule has 102 valence electrons. The van der Waals surface area contributed by atoms with Crippen molar-refractivity contribution in [3.8, 4) is 16.9 Å². The van der Waals surface area contributed by atoms with Crippen molar-refractivity contribution in [3.05, 3.63) is 29.7 Å². The summed E-state index contributed by atoms with van der Waals surface area (Å²) in [4.78, 5) is 0. The molecule has 4 nitrogen and oxygen atoms in total. The zero-order chi connectivity index (χ0) is 14.2. The number of nitrogens with two attached hydrogens (primary N) is 1. The summed E-state index contributed by atoms with van der Waals surface area (Å²) in [6.07, 6.45) is 1.21. The Morgan fingerprint density at radius 2 is 2.00 bits per heavy atom. The van der Waals surface area contributed by atoms with Crippen LogP contribution < -0.4 is 10.5 Å². The van der Waals surface area contributed by atoms with Gasteiger partial charge in [-0.2, -0.15) is 0 Å². The Kier molecular flexibility index (Phi) is 3.13. The van der Waals surface area contributed by atoms with Crippen molar-refractivity contribution in [2.45, 2.75) is 12.8 Å². The van der Waals surface area contributed by atoms with Gasteiger partial charge < -0.3 is 15.0 Å². The average molecular weight is 272 g/mol. The SMILES string of the molecule is COc1c(F)cc(C(C)(F)F)cc1-c1cnoc1N. The van der Waals surface area contributed by atoms with Crippen LogP contribution in [0.4, 0.5) is 19.1 Å². The summed E-state index contributed by atoms with van der Waals surface area (Å²) in [5.74, 6) is -4.39. The molecule has 2 aromatic rings. The number of anilines is 1. The average Bonchev–Trinajstić information content (AvgIpc) is 2.73. The van der Waals surface area contributed by atoms with Gasteiger partial charge in [0.2, 0.25) is 5.88 Å². The van der Waals surface area contributed by atoms with E-state index in [-0.39, 0.29) is 22.8 Å². The van der Waals surface area contributed by atoms with E-state index in [4.69, 9.17) is 10.5 Å². The second kappa shape index (κ2) is 4.49. The van der Waals surface area contributed by atoms with Crippen molar-refractivity contribution in [2.24, 2.45) is 0 Å². The number of hydrogen-bond donors (Lipinski definition) is 1. The summed E-state index contributed by atoms with van der Waals surface area (Å²) in [7, 11) is 1.23. The molecule has 0 radical (unpaired) electrons. The second-order valence-electron chi connectivity index (χ2n) is 4.03.